The zero-order chi connectivity index (χ0) is 19.5. The van der Waals surface area contributed by atoms with Gasteiger partial charge in [0.2, 0.25) is 5.91 Å². The third kappa shape index (κ3) is 4.01. The minimum absolute atomic E-state index is 0.0366. The van der Waals surface area contributed by atoms with E-state index in [9.17, 15) is 32.3 Å². The number of carbonyl (C=O) groups excluding carboxylic acids is 4. The highest BCUT2D eigenvalue weighted by molar-refractivity contribution is 6.45. The van der Waals surface area contributed by atoms with Gasteiger partial charge in [0.05, 0.1) is 11.3 Å². The minimum Gasteiger partial charge on any atom is -0.324 e. The number of amides is 5. The van der Waals surface area contributed by atoms with Gasteiger partial charge in [-0.25, -0.2) is 9.69 Å². The van der Waals surface area contributed by atoms with Gasteiger partial charge in [-0.3, -0.25) is 19.3 Å². The van der Waals surface area contributed by atoms with E-state index >= 15 is 0 Å². The lowest BCUT2D eigenvalue weighted by molar-refractivity contribution is -0.143. The molecule has 1 aromatic carbocycles. The third-order valence-corrected chi connectivity index (χ3v) is 3.68. The number of imide groups is 2. The number of nitrogens with zero attached hydrogens (tertiary/aromatic N) is 2. The SMILES string of the molecule is CCCCN1C(=O)C(=O)N(CC(=O)Nc2ccccc2C(F)(F)F)C1=O. The van der Waals surface area contributed by atoms with Gasteiger partial charge in [0.1, 0.15) is 6.54 Å². The summed E-state index contributed by atoms with van der Waals surface area (Å²) in [6.07, 6.45) is -3.51. The molecule has 140 valence electrons. The number of anilines is 1. The van der Waals surface area contributed by atoms with E-state index in [2.05, 4.69) is 0 Å². The van der Waals surface area contributed by atoms with Gasteiger partial charge in [-0.05, 0) is 18.6 Å². The maximum atomic E-state index is 12.9. The first kappa shape index (κ1) is 19.4. The summed E-state index contributed by atoms with van der Waals surface area (Å²) < 4.78 is 38.8. The van der Waals surface area contributed by atoms with E-state index in [1.54, 1.807) is 0 Å². The average molecular weight is 371 g/mol. The average Bonchev–Trinajstić information content (AvgIpc) is 2.76. The second-order valence-electron chi connectivity index (χ2n) is 5.58. The summed E-state index contributed by atoms with van der Waals surface area (Å²) in [6, 6.07) is 3.35. The molecule has 1 N–H and O–H groups in total. The molecule has 0 saturated carbocycles. The third-order valence-electron chi connectivity index (χ3n) is 3.68. The smallest absolute Gasteiger partial charge is 0.324 e. The van der Waals surface area contributed by atoms with Crippen LogP contribution in [-0.2, 0) is 20.6 Å². The van der Waals surface area contributed by atoms with Gasteiger partial charge in [0, 0.05) is 6.54 Å². The molecule has 2 rings (SSSR count). The molecule has 0 aromatic heterocycles. The normalized spacial score (nSPS) is 15.0. The number of benzene rings is 1. The van der Waals surface area contributed by atoms with Crippen LogP contribution < -0.4 is 5.32 Å². The van der Waals surface area contributed by atoms with Crippen LogP contribution in [0.3, 0.4) is 0 Å². The van der Waals surface area contributed by atoms with Crippen molar-refractivity contribution >= 4 is 29.4 Å². The van der Waals surface area contributed by atoms with E-state index in [0.29, 0.717) is 17.7 Å². The molecule has 1 heterocycles. The van der Waals surface area contributed by atoms with Gasteiger partial charge in [0.25, 0.3) is 0 Å². The number of carbonyl (C=O) groups is 4. The number of unbranched alkanes of at least 4 members (excludes halogenated alkanes) is 1. The fraction of sp³-hybridized carbons (Fsp3) is 0.375. The highest BCUT2D eigenvalue weighted by atomic mass is 19.4. The van der Waals surface area contributed by atoms with Crippen molar-refractivity contribution in [1.29, 1.82) is 0 Å². The summed E-state index contributed by atoms with van der Waals surface area (Å²) in [4.78, 5) is 48.9. The van der Waals surface area contributed by atoms with E-state index in [1.807, 2.05) is 12.2 Å². The van der Waals surface area contributed by atoms with Gasteiger partial charge in [-0.1, -0.05) is 25.5 Å². The van der Waals surface area contributed by atoms with Crippen LogP contribution in [0.1, 0.15) is 25.3 Å². The Labute approximate surface area is 146 Å². The Bertz CT molecular complexity index is 749. The number of nitrogens with one attached hydrogen (secondary N) is 1. The van der Waals surface area contributed by atoms with Crippen LogP contribution in [0.25, 0.3) is 0 Å². The quantitative estimate of drug-likeness (QED) is 0.614. The van der Waals surface area contributed by atoms with Crippen LogP contribution in [0, 0.1) is 0 Å². The van der Waals surface area contributed by atoms with Crippen LogP contribution in [0.2, 0.25) is 0 Å². The van der Waals surface area contributed by atoms with Crippen molar-refractivity contribution in [3.05, 3.63) is 29.8 Å². The van der Waals surface area contributed by atoms with Gasteiger partial charge < -0.3 is 5.32 Å². The molecular weight excluding hydrogens is 355 g/mol. The summed E-state index contributed by atoms with van der Waals surface area (Å²) in [5.41, 5.74) is -1.56. The fourth-order valence-corrected chi connectivity index (χ4v) is 2.38. The Morgan fingerprint density at radius 1 is 1.08 bits per heavy atom. The van der Waals surface area contributed by atoms with Gasteiger partial charge in [-0.2, -0.15) is 13.2 Å². The topological polar surface area (TPSA) is 86.8 Å². The molecule has 10 heteroatoms. The number of halogens is 3. The molecule has 0 atom stereocenters. The number of alkyl halides is 3. The molecular formula is C16H16F3N3O4. The summed E-state index contributed by atoms with van der Waals surface area (Å²) in [6.45, 7) is 1.02. The standard InChI is InChI=1S/C16H16F3N3O4/c1-2-3-8-21-13(24)14(25)22(15(21)26)9-12(23)20-11-7-5-4-6-10(11)16(17,18)19/h4-7H,2-3,8-9H2,1H3,(H,20,23). The predicted molar refractivity (Wildman–Crippen MR) is 83.8 cm³/mol. The molecule has 0 radical (unpaired) electrons. The van der Waals surface area contributed by atoms with Crippen LogP contribution in [-0.4, -0.2) is 46.6 Å². The molecule has 1 aromatic rings. The van der Waals surface area contributed by atoms with Crippen LogP contribution in [0.15, 0.2) is 24.3 Å². The molecule has 7 nitrogen and oxygen atoms in total. The number of hydrogen-bond donors (Lipinski definition) is 1. The molecule has 1 aliphatic heterocycles. The van der Waals surface area contributed by atoms with Crippen molar-refractivity contribution in [3.63, 3.8) is 0 Å². The fourth-order valence-electron chi connectivity index (χ4n) is 2.38. The van der Waals surface area contributed by atoms with E-state index in [-0.39, 0.29) is 6.54 Å². The Kier molecular flexibility index (Phi) is 5.63. The molecule has 0 bridgehead atoms. The second-order valence-corrected chi connectivity index (χ2v) is 5.58. The van der Waals surface area contributed by atoms with Crippen LogP contribution in [0.5, 0.6) is 0 Å². The Hall–Kier alpha value is -2.91. The molecule has 0 unspecified atom stereocenters. The van der Waals surface area contributed by atoms with Crippen LogP contribution in [0.4, 0.5) is 23.7 Å². The zero-order valence-electron chi connectivity index (χ0n) is 13.8. The first-order valence-corrected chi connectivity index (χ1v) is 7.80. The maximum absolute atomic E-state index is 12.9. The molecule has 0 spiro atoms. The number of hydrogen-bond acceptors (Lipinski definition) is 4. The highest BCUT2D eigenvalue weighted by Gasteiger charge is 2.44. The maximum Gasteiger partial charge on any atom is 0.418 e. The first-order chi connectivity index (χ1) is 12.2. The largest absolute Gasteiger partial charge is 0.418 e. The van der Waals surface area contributed by atoms with Crippen molar-refractivity contribution in [2.75, 3.05) is 18.4 Å². The number of rotatable bonds is 6. The Morgan fingerprint density at radius 3 is 2.31 bits per heavy atom. The summed E-state index contributed by atoms with van der Waals surface area (Å²) >= 11 is 0. The van der Waals surface area contributed by atoms with Crippen molar-refractivity contribution < 1.29 is 32.3 Å². The van der Waals surface area contributed by atoms with Crippen molar-refractivity contribution in [2.24, 2.45) is 0 Å². The minimum atomic E-state index is -4.68. The lowest BCUT2D eigenvalue weighted by atomic mass is 10.1. The number of para-hydroxylation sites is 1. The lowest BCUT2D eigenvalue weighted by Crippen LogP contribution is -2.39. The van der Waals surface area contributed by atoms with Crippen LogP contribution >= 0.6 is 0 Å². The monoisotopic (exact) mass is 371 g/mol. The molecule has 0 aliphatic carbocycles. The van der Waals surface area contributed by atoms with E-state index in [1.165, 1.54) is 6.07 Å². The van der Waals surface area contributed by atoms with E-state index in [0.717, 1.165) is 23.1 Å². The molecule has 1 aliphatic rings. The molecule has 5 amide bonds. The van der Waals surface area contributed by atoms with Crippen molar-refractivity contribution in [2.45, 2.75) is 25.9 Å². The Morgan fingerprint density at radius 2 is 1.69 bits per heavy atom. The molecule has 1 saturated heterocycles. The first-order valence-electron chi connectivity index (χ1n) is 7.80. The van der Waals surface area contributed by atoms with E-state index in [4.69, 9.17) is 0 Å². The summed E-state index contributed by atoms with van der Waals surface area (Å²) in [7, 11) is 0. The zero-order valence-corrected chi connectivity index (χ0v) is 13.8. The van der Waals surface area contributed by atoms with Gasteiger partial charge >= 0.3 is 24.0 Å². The van der Waals surface area contributed by atoms with Crippen molar-refractivity contribution in [1.82, 2.24) is 9.80 Å². The van der Waals surface area contributed by atoms with Gasteiger partial charge in [-0.15, -0.1) is 0 Å². The Balaban J connectivity index is 2.10. The highest BCUT2D eigenvalue weighted by Crippen LogP contribution is 2.34. The summed E-state index contributed by atoms with van der Waals surface area (Å²) in [5, 5.41) is 2.02. The predicted octanol–water partition coefficient (Wildman–Crippen LogP) is 2.23. The van der Waals surface area contributed by atoms with Gasteiger partial charge in [0.15, 0.2) is 0 Å². The van der Waals surface area contributed by atoms with E-state index < -0.39 is 47.7 Å². The second kappa shape index (κ2) is 7.54. The molecule has 26 heavy (non-hydrogen) atoms. The molecule has 1 fully saturated rings. The summed E-state index contributed by atoms with van der Waals surface area (Å²) in [5.74, 6) is -3.24. The number of urea groups is 1. The lowest BCUT2D eigenvalue weighted by Gasteiger charge is -2.16. The van der Waals surface area contributed by atoms with Crippen molar-refractivity contribution in [3.8, 4) is 0 Å².